The summed E-state index contributed by atoms with van der Waals surface area (Å²) >= 11 is 0. The molecule has 1 unspecified atom stereocenters. The first-order chi connectivity index (χ1) is 18.3. The van der Waals surface area contributed by atoms with Gasteiger partial charge < -0.3 is 15.7 Å². The van der Waals surface area contributed by atoms with Crippen LogP contribution in [0.15, 0.2) is 54.9 Å². The minimum absolute atomic E-state index is 0.0130. The number of nitrogen functional groups attached to an aromatic ring is 1. The largest absolute Gasteiger partial charge is 0.384 e. The lowest BCUT2D eigenvalue weighted by atomic mass is 9.85. The Kier molecular flexibility index (Phi) is 5.95. The van der Waals surface area contributed by atoms with Gasteiger partial charge in [0.25, 0.3) is 5.91 Å². The molecular weight excluding hydrogens is 480 g/mol. The number of anilines is 1. The summed E-state index contributed by atoms with van der Waals surface area (Å²) in [5.41, 5.74) is 11.7. The van der Waals surface area contributed by atoms with E-state index in [1.54, 1.807) is 12.4 Å². The van der Waals surface area contributed by atoms with Crippen LogP contribution in [0, 0.1) is 0 Å². The fourth-order valence-corrected chi connectivity index (χ4v) is 6.20. The summed E-state index contributed by atoms with van der Waals surface area (Å²) in [7, 11) is 0. The maximum atomic E-state index is 12.8. The van der Waals surface area contributed by atoms with Crippen molar-refractivity contribution < 1.29 is 14.7 Å². The molecule has 5 heterocycles. The average molecular weight is 511 g/mol. The van der Waals surface area contributed by atoms with Crippen molar-refractivity contribution in [1.29, 1.82) is 0 Å². The number of benzene rings is 1. The molecule has 38 heavy (non-hydrogen) atoms. The zero-order chi connectivity index (χ0) is 26.6. The van der Waals surface area contributed by atoms with Crippen LogP contribution in [0.5, 0.6) is 0 Å². The zero-order valence-electron chi connectivity index (χ0n) is 21.4. The van der Waals surface area contributed by atoms with E-state index in [2.05, 4.69) is 10.1 Å². The predicted octanol–water partition coefficient (Wildman–Crippen LogP) is 3.86. The number of carbonyl (C=O) groups is 2. The standard InChI is InChI=1S/C29H30N6O3/c1-16(36)25-26(20-12-21-9-10-22(13-20)34(21)29(38)17(2)37)33-28-23(15-32-35(28)27(25)30)19-8-11-24(31-14-19)18-6-4-3-5-7-18/h3-8,11,14-15,17,20-22,37H,9-10,12-13,30H2,1-2H3/t17-,20?,21-,22+/m1/s1. The van der Waals surface area contributed by atoms with E-state index >= 15 is 0 Å². The first-order valence-electron chi connectivity index (χ1n) is 13.0. The van der Waals surface area contributed by atoms with Gasteiger partial charge in [-0.1, -0.05) is 36.4 Å². The van der Waals surface area contributed by atoms with Crippen molar-refractivity contribution in [3.05, 3.63) is 66.1 Å². The average Bonchev–Trinajstić information content (AvgIpc) is 3.46. The van der Waals surface area contributed by atoms with Crippen LogP contribution in [0.2, 0.25) is 0 Å². The highest BCUT2D eigenvalue weighted by Crippen LogP contribution is 2.44. The number of fused-ring (bicyclic) bond motifs is 3. The highest BCUT2D eigenvalue weighted by atomic mass is 16.3. The topological polar surface area (TPSA) is 127 Å². The highest BCUT2D eigenvalue weighted by molar-refractivity contribution is 6.00. The van der Waals surface area contributed by atoms with Gasteiger partial charge >= 0.3 is 0 Å². The predicted molar refractivity (Wildman–Crippen MR) is 143 cm³/mol. The molecule has 3 N–H and O–H groups in total. The van der Waals surface area contributed by atoms with Crippen LogP contribution >= 0.6 is 0 Å². The number of rotatable bonds is 5. The Bertz CT molecular complexity index is 1520. The molecule has 2 bridgehead atoms. The second-order valence-electron chi connectivity index (χ2n) is 10.4. The van der Waals surface area contributed by atoms with E-state index in [1.807, 2.05) is 47.4 Å². The minimum atomic E-state index is -1.02. The Morgan fingerprint density at radius 2 is 1.74 bits per heavy atom. The molecule has 9 heteroatoms. The van der Waals surface area contributed by atoms with Crippen molar-refractivity contribution in [3.63, 3.8) is 0 Å². The van der Waals surface area contributed by atoms with Crippen molar-refractivity contribution in [2.45, 2.75) is 63.6 Å². The SMILES string of the molecule is CC(=O)c1c(C2C[C@H]3CC[C@@H](C2)N3C(=O)[C@@H](C)O)nc2c(-c3ccc(-c4ccccc4)nc3)cnn2c1N. The summed E-state index contributed by atoms with van der Waals surface area (Å²) in [6.45, 7) is 3.01. The molecule has 0 aliphatic carbocycles. The molecule has 194 valence electrons. The van der Waals surface area contributed by atoms with Crippen LogP contribution in [0.3, 0.4) is 0 Å². The number of hydrogen-bond donors (Lipinski definition) is 2. The molecule has 1 aromatic carbocycles. The highest BCUT2D eigenvalue weighted by Gasteiger charge is 2.45. The Morgan fingerprint density at radius 3 is 2.34 bits per heavy atom. The Morgan fingerprint density at radius 1 is 1.03 bits per heavy atom. The number of piperidine rings is 1. The molecule has 1 amide bonds. The lowest BCUT2D eigenvalue weighted by Crippen LogP contribution is -2.49. The Balaban J connectivity index is 1.40. The van der Waals surface area contributed by atoms with E-state index in [1.165, 1.54) is 18.4 Å². The number of Topliss-reactive ketones (excluding diaryl/α,β-unsaturated/α-hetero) is 1. The van der Waals surface area contributed by atoms with Crippen molar-refractivity contribution in [2.24, 2.45) is 0 Å². The number of pyridine rings is 1. The molecule has 2 aliphatic rings. The third-order valence-corrected chi connectivity index (χ3v) is 7.94. The van der Waals surface area contributed by atoms with E-state index in [0.717, 1.165) is 35.2 Å². The van der Waals surface area contributed by atoms with Gasteiger partial charge in [0, 0.05) is 40.9 Å². The van der Waals surface area contributed by atoms with Gasteiger partial charge in [-0.25, -0.2) is 4.98 Å². The molecule has 3 aromatic heterocycles. The van der Waals surface area contributed by atoms with Crippen molar-refractivity contribution >= 4 is 23.2 Å². The minimum Gasteiger partial charge on any atom is -0.384 e. The van der Waals surface area contributed by atoms with E-state index in [0.29, 0.717) is 29.7 Å². The van der Waals surface area contributed by atoms with E-state index in [-0.39, 0.29) is 35.5 Å². The maximum Gasteiger partial charge on any atom is 0.251 e. The van der Waals surface area contributed by atoms with Gasteiger partial charge in [0.1, 0.15) is 11.9 Å². The van der Waals surface area contributed by atoms with Crippen LogP contribution in [0.4, 0.5) is 5.82 Å². The number of ketones is 1. The van der Waals surface area contributed by atoms with Gasteiger partial charge in [0.2, 0.25) is 0 Å². The molecule has 6 rings (SSSR count). The number of aliphatic hydroxyl groups is 1. The number of aliphatic hydroxyl groups excluding tert-OH is 1. The summed E-state index contributed by atoms with van der Waals surface area (Å²) in [6.07, 6.45) is 5.59. The molecule has 0 spiro atoms. The van der Waals surface area contributed by atoms with Crippen LogP contribution < -0.4 is 5.73 Å². The van der Waals surface area contributed by atoms with Gasteiger partial charge in [-0.05, 0) is 45.6 Å². The zero-order valence-corrected chi connectivity index (χ0v) is 21.4. The van der Waals surface area contributed by atoms with Crippen LogP contribution in [-0.4, -0.2) is 59.5 Å². The van der Waals surface area contributed by atoms with Gasteiger partial charge in [0.05, 0.1) is 23.1 Å². The molecule has 2 aliphatic heterocycles. The van der Waals surface area contributed by atoms with E-state index in [4.69, 9.17) is 10.7 Å². The third-order valence-electron chi connectivity index (χ3n) is 7.94. The lowest BCUT2D eigenvalue weighted by molar-refractivity contribution is -0.144. The quantitative estimate of drug-likeness (QED) is 0.390. The summed E-state index contributed by atoms with van der Waals surface area (Å²) in [5, 5.41) is 14.4. The number of nitrogens with two attached hydrogens (primary N) is 1. The smallest absolute Gasteiger partial charge is 0.251 e. The van der Waals surface area contributed by atoms with Gasteiger partial charge in [-0.15, -0.1) is 0 Å². The first kappa shape index (κ1) is 24.2. The molecule has 2 saturated heterocycles. The summed E-state index contributed by atoms with van der Waals surface area (Å²) in [4.78, 5) is 37.0. The molecule has 4 atom stereocenters. The summed E-state index contributed by atoms with van der Waals surface area (Å²) in [5.74, 6) is -0.145. The van der Waals surface area contributed by atoms with Crippen molar-refractivity contribution in [1.82, 2.24) is 24.5 Å². The number of amides is 1. The third kappa shape index (κ3) is 3.94. The maximum absolute atomic E-state index is 12.8. The van der Waals surface area contributed by atoms with Crippen LogP contribution in [0.25, 0.3) is 28.0 Å². The van der Waals surface area contributed by atoms with Crippen LogP contribution in [-0.2, 0) is 4.79 Å². The number of aromatic nitrogens is 4. The number of nitrogens with zero attached hydrogens (tertiary/aromatic N) is 5. The number of hydrogen-bond acceptors (Lipinski definition) is 7. The first-order valence-corrected chi connectivity index (χ1v) is 13.0. The summed E-state index contributed by atoms with van der Waals surface area (Å²) in [6, 6.07) is 13.9. The number of carbonyl (C=O) groups excluding carboxylic acids is 2. The Hall–Kier alpha value is -4.11. The van der Waals surface area contributed by atoms with E-state index in [9.17, 15) is 14.7 Å². The monoisotopic (exact) mass is 510 g/mol. The Labute approximate surface area is 220 Å². The fourth-order valence-electron chi connectivity index (χ4n) is 6.20. The van der Waals surface area contributed by atoms with Crippen LogP contribution in [0.1, 0.15) is 61.5 Å². The molecule has 4 aromatic rings. The normalized spacial score (nSPS) is 21.6. The van der Waals surface area contributed by atoms with Gasteiger partial charge in [-0.3, -0.25) is 14.6 Å². The second kappa shape index (κ2) is 9.33. The molecule has 9 nitrogen and oxygen atoms in total. The van der Waals surface area contributed by atoms with E-state index < -0.39 is 6.10 Å². The van der Waals surface area contributed by atoms with Crippen molar-refractivity contribution in [3.8, 4) is 22.4 Å². The lowest BCUT2D eigenvalue weighted by Gasteiger charge is -2.39. The molecule has 0 radical (unpaired) electrons. The van der Waals surface area contributed by atoms with Crippen molar-refractivity contribution in [2.75, 3.05) is 5.73 Å². The van der Waals surface area contributed by atoms with Gasteiger partial charge in [0.15, 0.2) is 11.4 Å². The second-order valence-corrected chi connectivity index (χ2v) is 10.4. The molecular formula is C29H30N6O3. The summed E-state index contributed by atoms with van der Waals surface area (Å²) < 4.78 is 1.53. The van der Waals surface area contributed by atoms with Gasteiger partial charge in [-0.2, -0.15) is 9.61 Å². The fraction of sp³-hybridized carbons (Fsp3) is 0.345. The molecule has 0 saturated carbocycles. The molecule has 2 fully saturated rings.